The molecule has 2 rings (SSSR count). The Morgan fingerprint density at radius 2 is 1.13 bits per heavy atom. The van der Waals surface area contributed by atoms with Crippen LogP contribution in [0.5, 0.6) is 0 Å². The lowest BCUT2D eigenvalue weighted by Gasteiger charge is -2.41. The molecule has 0 saturated heterocycles. The van der Waals surface area contributed by atoms with Crippen molar-refractivity contribution in [3.05, 3.63) is 0 Å². The van der Waals surface area contributed by atoms with Crippen molar-refractivity contribution in [3.8, 4) is 6.07 Å². The lowest BCUT2D eigenvalue weighted by atomic mass is 9.63. The van der Waals surface area contributed by atoms with E-state index in [4.69, 9.17) is 0 Å². The van der Waals surface area contributed by atoms with Gasteiger partial charge in [0.2, 0.25) is 0 Å². The number of unbranched alkanes of at least 4 members (excludes halogenated alkanes) is 10. The molecular weight excluding hydrogens is 362 g/mol. The first kappa shape index (κ1) is 25.7. The predicted molar refractivity (Wildman–Crippen MR) is 131 cm³/mol. The van der Waals surface area contributed by atoms with Crippen LogP contribution < -0.4 is 0 Å². The number of nitrogens with zero attached hydrogens (tertiary/aromatic N) is 1. The van der Waals surface area contributed by atoms with Gasteiger partial charge >= 0.3 is 0 Å². The zero-order chi connectivity index (χ0) is 21.5. The Morgan fingerprint density at radius 1 is 0.633 bits per heavy atom. The number of rotatable bonds is 15. The molecule has 0 aromatic carbocycles. The molecule has 2 saturated carbocycles. The standard InChI is InChI=1S/C29H53N/c1-3-5-7-9-10-11-12-14-22-29(25-30)23-20-28(21-24-29)27-18-16-26(17-19-27)15-13-8-6-4-2/h26-28H,3-24H2,1-2H3. The van der Waals surface area contributed by atoms with Crippen molar-refractivity contribution in [3.63, 3.8) is 0 Å². The molecule has 0 unspecified atom stereocenters. The first-order valence-corrected chi connectivity index (χ1v) is 14.1. The Balaban J connectivity index is 1.58. The highest BCUT2D eigenvalue weighted by atomic mass is 14.4. The van der Waals surface area contributed by atoms with E-state index in [9.17, 15) is 5.26 Å². The Morgan fingerprint density at radius 3 is 1.70 bits per heavy atom. The van der Waals surface area contributed by atoms with Gasteiger partial charge in [-0.05, 0) is 62.7 Å². The number of hydrogen-bond acceptors (Lipinski definition) is 1. The van der Waals surface area contributed by atoms with Crippen molar-refractivity contribution in [1.82, 2.24) is 0 Å². The largest absolute Gasteiger partial charge is 0.198 e. The van der Waals surface area contributed by atoms with Crippen molar-refractivity contribution >= 4 is 0 Å². The second-order valence-corrected chi connectivity index (χ2v) is 11.1. The minimum atomic E-state index is 0.0369. The lowest BCUT2D eigenvalue weighted by molar-refractivity contribution is 0.114. The van der Waals surface area contributed by atoms with Crippen LogP contribution in [-0.4, -0.2) is 0 Å². The van der Waals surface area contributed by atoms with Crippen LogP contribution in [0.2, 0.25) is 0 Å². The second kappa shape index (κ2) is 15.3. The molecule has 0 bridgehead atoms. The molecule has 174 valence electrons. The summed E-state index contributed by atoms with van der Waals surface area (Å²) in [6, 6.07) is 2.80. The van der Waals surface area contributed by atoms with Gasteiger partial charge in [-0.25, -0.2) is 0 Å². The summed E-state index contributed by atoms with van der Waals surface area (Å²) >= 11 is 0. The fourth-order valence-electron chi connectivity index (χ4n) is 6.49. The van der Waals surface area contributed by atoms with Gasteiger partial charge in [-0.1, -0.05) is 110 Å². The minimum Gasteiger partial charge on any atom is -0.198 e. The van der Waals surface area contributed by atoms with Crippen LogP contribution in [0, 0.1) is 34.5 Å². The fraction of sp³-hybridized carbons (Fsp3) is 0.966. The van der Waals surface area contributed by atoms with Gasteiger partial charge in [-0.3, -0.25) is 0 Å². The smallest absolute Gasteiger partial charge is 0.0689 e. The molecule has 0 radical (unpaired) electrons. The maximum absolute atomic E-state index is 9.94. The zero-order valence-corrected chi connectivity index (χ0v) is 20.7. The van der Waals surface area contributed by atoms with Crippen LogP contribution >= 0.6 is 0 Å². The highest BCUT2D eigenvalue weighted by Gasteiger charge is 2.38. The summed E-state index contributed by atoms with van der Waals surface area (Å²) in [6.45, 7) is 4.60. The predicted octanol–water partition coefficient (Wildman–Crippen LogP) is 9.99. The maximum atomic E-state index is 9.94. The summed E-state index contributed by atoms with van der Waals surface area (Å²) in [7, 11) is 0. The zero-order valence-electron chi connectivity index (χ0n) is 20.7. The van der Waals surface area contributed by atoms with Gasteiger partial charge in [-0.2, -0.15) is 5.26 Å². The third-order valence-electron chi connectivity index (χ3n) is 8.76. The van der Waals surface area contributed by atoms with Crippen LogP contribution in [0.25, 0.3) is 0 Å². The Bertz CT molecular complexity index is 445. The van der Waals surface area contributed by atoms with Crippen LogP contribution in [-0.2, 0) is 0 Å². The molecule has 2 fully saturated rings. The molecule has 0 heterocycles. The quantitative estimate of drug-likeness (QED) is 0.244. The summed E-state index contributed by atoms with van der Waals surface area (Å²) in [5.74, 6) is 2.95. The van der Waals surface area contributed by atoms with Gasteiger partial charge in [-0.15, -0.1) is 0 Å². The molecule has 0 amide bonds. The molecule has 2 aliphatic carbocycles. The van der Waals surface area contributed by atoms with E-state index in [1.165, 1.54) is 141 Å². The molecule has 1 nitrogen and oxygen atoms in total. The van der Waals surface area contributed by atoms with Crippen molar-refractivity contribution in [2.45, 2.75) is 155 Å². The minimum absolute atomic E-state index is 0.0369. The average Bonchev–Trinajstić information content (AvgIpc) is 2.79. The van der Waals surface area contributed by atoms with Gasteiger partial charge in [0.1, 0.15) is 0 Å². The Kier molecular flexibility index (Phi) is 13.1. The average molecular weight is 416 g/mol. The Hall–Kier alpha value is -0.510. The summed E-state index contributed by atoms with van der Waals surface area (Å²) < 4.78 is 0. The van der Waals surface area contributed by atoms with Crippen molar-refractivity contribution in [1.29, 1.82) is 5.26 Å². The van der Waals surface area contributed by atoms with Gasteiger partial charge in [0.05, 0.1) is 11.5 Å². The highest BCUT2D eigenvalue weighted by Crippen LogP contribution is 2.47. The van der Waals surface area contributed by atoms with Crippen LogP contribution in [0.1, 0.15) is 155 Å². The molecule has 0 N–H and O–H groups in total. The van der Waals surface area contributed by atoms with E-state index >= 15 is 0 Å². The number of nitriles is 1. The lowest BCUT2D eigenvalue weighted by Crippen LogP contribution is -2.31. The van der Waals surface area contributed by atoms with Crippen molar-refractivity contribution < 1.29 is 0 Å². The summed E-state index contributed by atoms with van der Waals surface area (Å²) in [6.07, 6.45) is 30.4. The molecule has 0 aliphatic heterocycles. The normalized spacial score (nSPS) is 29.6. The maximum Gasteiger partial charge on any atom is 0.0689 e. The van der Waals surface area contributed by atoms with Crippen molar-refractivity contribution in [2.75, 3.05) is 0 Å². The van der Waals surface area contributed by atoms with E-state index in [-0.39, 0.29) is 5.41 Å². The molecule has 0 aromatic rings. The van der Waals surface area contributed by atoms with E-state index < -0.39 is 0 Å². The van der Waals surface area contributed by atoms with E-state index in [0.29, 0.717) is 0 Å². The monoisotopic (exact) mass is 415 g/mol. The molecule has 0 spiro atoms. The van der Waals surface area contributed by atoms with Gasteiger partial charge in [0.25, 0.3) is 0 Å². The van der Waals surface area contributed by atoms with Crippen LogP contribution in [0.3, 0.4) is 0 Å². The van der Waals surface area contributed by atoms with Gasteiger partial charge < -0.3 is 0 Å². The molecule has 1 heteroatoms. The van der Waals surface area contributed by atoms with Crippen LogP contribution in [0.15, 0.2) is 0 Å². The first-order valence-electron chi connectivity index (χ1n) is 14.1. The molecular formula is C29H53N. The second-order valence-electron chi connectivity index (χ2n) is 11.1. The fourth-order valence-corrected chi connectivity index (χ4v) is 6.49. The summed E-state index contributed by atoms with van der Waals surface area (Å²) in [5, 5.41) is 9.94. The summed E-state index contributed by atoms with van der Waals surface area (Å²) in [4.78, 5) is 0. The third-order valence-corrected chi connectivity index (χ3v) is 8.76. The number of hydrogen-bond donors (Lipinski definition) is 0. The van der Waals surface area contributed by atoms with Gasteiger partial charge in [0, 0.05) is 0 Å². The van der Waals surface area contributed by atoms with Crippen LogP contribution in [0.4, 0.5) is 0 Å². The molecule has 0 atom stereocenters. The Labute approximate surface area is 189 Å². The van der Waals surface area contributed by atoms with E-state index in [2.05, 4.69) is 19.9 Å². The van der Waals surface area contributed by atoms with Gasteiger partial charge in [0.15, 0.2) is 0 Å². The first-order chi connectivity index (χ1) is 14.7. The van der Waals surface area contributed by atoms with Crippen molar-refractivity contribution in [2.24, 2.45) is 23.2 Å². The molecule has 30 heavy (non-hydrogen) atoms. The molecule has 2 aliphatic rings. The van der Waals surface area contributed by atoms with E-state index in [1.807, 2.05) is 0 Å². The van der Waals surface area contributed by atoms with E-state index in [0.717, 1.165) is 17.8 Å². The topological polar surface area (TPSA) is 23.8 Å². The third kappa shape index (κ3) is 9.32. The van der Waals surface area contributed by atoms with E-state index in [1.54, 1.807) is 0 Å². The SMILES string of the molecule is CCCCCCCCCCC1(C#N)CCC(C2CCC(CCCCCC)CC2)CC1. The highest BCUT2D eigenvalue weighted by molar-refractivity contribution is 5.02. The summed E-state index contributed by atoms with van der Waals surface area (Å²) in [5.41, 5.74) is 0.0369. The molecule has 0 aromatic heterocycles.